The predicted molar refractivity (Wildman–Crippen MR) is 105 cm³/mol. The van der Waals surface area contributed by atoms with Crippen LogP contribution in [0.2, 0.25) is 0 Å². The molecule has 0 saturated heterocycles. The molecule has 0 atom stereocenters. The van der Waals surface area contributed by atoms with E-state index in [1.807, 2.05) is 26.8 Å². The fourth-order valence-corrected chi connectivity index (χ4v) is 1.85. The van der Waals surface area contributed by atoms with Crippen LogP contribution in [0.3, 0.4) is 0 Å². The highest BCUT2D eigenvalue weighted by Gasteiger charge is 2.26. The Kier molecular flexibility index (Phi) is 7.95. The van der Waals surface area contributed by atoms with Gasteiger partial charge in [0.05, 0.1) is 12.0 Å². The van der Waals surface area contributed by atoms with E-state index < -0.39 is 5.41 Å². The second-order valence-corrected chi connectivity index (χ2v) is 8.94. The molecule has 2 nitrogen and oxygen atoms in total. The highest BCUT2D eigenvalue weighted by molar-refractivity contribution is 5.75. The number of ether oxygens (including phenoxy) is 1. The molecule has 0 fully saturated rings. The molecule has 0 aliphatic rings. The van der Waals surface area contributed by atoms with Crippen molar-refractivity contribution in [2.45, 2.75) is 62.3 Å². The molecule has 0 saturated carbocycles. The van der Waals surface area contributed by atoms with Crippen molar-refractivity contribution in [1.29, 1.82) is 0 Å². The zero-order valence-electron chi connectivity index (χ0n) is 17.1. The lowest BCUT2D eigenvalue weighted by molar-refractivity contribution is -0.155. The van der Waals surface area contributed by atoms with E-state index in [0.717, 1.165) is 5.57 Å². The van der Waals surface area contributed by atoms with Crippen molar-refractivity contribution in [1.82, 2.24) is 0 Å². The highest BCUT2D eigenvalue weighted by Crippen LogP contribution is 2.31. The molecule has 0 rings (SSSR count). The molecule has 0 aliphatic heterocycles. The fourth-order valence-electron chi connectivity index (χ4n) is 1.85. The zero-order chi connectivity index (χ0) is 19.2. The van der Waals surface area contributed by atoms with Gasteiger partial charge in [-0.2, -0.15) is 0 Å². The Hall–Kier alpha value is -1.57. The van der Waals surface area contributed by atoms with Crippen LogP contribution in [0.4, 0.5) is 0 Å². The second-order valence-electron chi connectivity index (χ2n) is 8.94. The summed E-state index contributed by atoms with van der Waals surface area (Å²) in [5, 5.41) is 0. The minimum absolute atomic E-state index is 0.140. The first-order valence-electron chi connectivity index (χ1n) is 8.57. The van der Waals surface area contributed by atoms with Crippen molar-refractivity contribution in [2.24, 2.45) is 16.2 Å². The molecule has 0 bridgehead atoms. The molecule has 0 N–H and O–H groups in total. The standard InChI is InChI=1S/C22H36O2/c1-11-18(13-12-17(2)3)22(9,10)15-14-21(7,8)16-24-19(23)20(4,5)6/h11-15H,1,16H2,2-10H3/b15-14+,18-13+. The maximum atomic E-state index is 11.9. The van der Waals surface area contributed by atoms with E-state index in [-0.39, 0.29) is 16.8 Å². The van der Waals surface area contributed by atoms with Crippen LogP contribution in [-0.4, -0.2) is 12.6 Å². The topological polar surface area (TPSA) is 26.3 Å². The molecule has 0 unspecified atom stereocenters. The lowest BCUT2D eigenvalue weighted by Gasteiger charge is -2.27. The Balaban J connectivity index is 5.12. The lowest BCUT2D eigenvalue weighted by Crippen LogP contribution is -2.28. The first-order valence-corrected chi connectivity index (χ1v) is 8.57. The molecule has 0 aliphatic carbocycles. The Morgan fingerprint density at radius 1 is 0.958 bits per heavy atom. The van der Waals surface area contributed by atoms with Crippen LogP contribution in [0.15, 0.2) is 48.1 Å². The van der Waals surface area contributed by atoms with Crippen LogP contribution in [0, 0.1) is 16.2 Å². The van der Waals surface area contributed by atoms with Gasteiger partial charge in [-0.15, -0.1) is 0 Å². The Morgan fingerprint density at radius 2 is 1.50 bits per heavy atom. The van der Waals surface area contributed by atoms with Crippen molar-refractivity contribution in [3.8, 4) is 0 Å². The third-order valence-electron chi connectivity index (χ3n) is 3.70. The summed E-state index contributed by atoms with van der Waals surface area (Å²) in [4.78, 5) is 11.9. The number of hydrogen-bond donors (Lipinski definition) is 0. The zero-order valence-corrected chi connectivity index (χ0v) is 17.1. The Labute approximate surface area is 149 Å². The average Bonchev–Trinajstić information content (AvgIpc) is 2.42. The highest BCUT2D eigenvalue weighted by atomic mass is 16.5. The van der Waals surface area contributed by atoms with Crippen molar-refractivity contribution in [3.05, 3.63) is 48.1 Å². The molecule has 0 aromatic rings. The van der Waals surface area contributed by atoms with Gasteiger partial charge in [-0.3, -0.25) is 4.79 Å². The number of esters is 1. The molecule has 24 heavy (non-hydrogen) atoms. The summed E-state index contributed by atoms with van der Waals surface area (Å²) in [7, 11) is 0. The van der Waals surface area contributed by atoms with Gasteiger partial charge in [0.1, 0.15) is 0 Å². The van der Waals surface area contributed by atoms with Crippen molar-refractivity contribution < 1.29 is 9.53 Å². The van der Waals surface area contributed by atoms with Gasteiger partial charge in [0.15, 0.2) is 0 Å². The van der Waals surface area contributed by atoms with E-state index in [9.17, 15) is 4.79 Å². The molecule has 0 spiro atoms. The number of hydrogen-bond acceptors (Lipinski definition) is 2. The number of carbonyl (C=O) groups is 1. The van der Waals surface area contributed by atoms with Gasteiger partial charge in [0, 0.05) is 10.8 Å². The normalized spacial score (nSPS) is 13.8. The van der Waals surface area contributed by atoms with Crippen LogP contribution in [0.5, 0.6) is 0 Å². The van der Waals surface area contributed by atoms with Gasteiger partial charge in [-0.05, 0) is 40.2 Å². The van der Waals surface area contributed by atoms with Gasteiger partial charge in [0.2, 0.25) is 0 Å². The number of rotatable bonds is 7. The molecular weight excluding hydrogens is 296 g/mol. The van der Waals surface area contributed by atoms with Gasteiger partial charge >= 0.3 is 5.97 Å². The van der Waals surface area contributed by atoms with E-state index in [0.29, 0.717) is 6.61 Å². The third kappa shape index (κ3) is 8.33. The molecule has 0 aromatic carbocycles. The molecule has 0 heterocycles. The van der Waals surface area contributed by atoms with E-state index in [1.54, 1.807) is 0 Å². The first-order chi connectivity index (χ1) is 10.7. The summed E-state index contributed by atoms with van der Waals surface area (Å²) in [6.07, 6.45) is 10.4. The minimum Gasteiger partial charge on any atom is -0.464 e. The number of carbonyl (C=O) groups excluding carboxylic acids is 1. The summed E-state index contributed by atoms with van der Waals surface area (Å²) in [5.41, 5.74) is 1.58. The van der Waals surface area contributed by atoms with Gasteiger partial charge in [-0.25, -0.2) is 0 Å². The first kappa shape index (κ1) is 22.4. The van der Waals surface area contributed by atoms with Gasteiger partial charge in [0.25, 0.3) is 0 Å². The lowest BCUT2D eigenvalue weighted by atomic mass is 9.80. The molecule has 136 valence electrons. The van der Waals surface area contributed by atoms with Crippen LogP contribution in [0.25, 0.3) is 0 Å². The van der Waals surface area contributed by atoms with E-state index >= 15 is 0 Å². The molecule has 0 amide bonds. The number of allylic oxidation sites excluding steroid dienone is 6. The molecule has 0 aromatic heterocycles. The largest absolute Gasteiger partial charge is 0.464 e. The van der Waals surface area contributed by atoms with E-state index in [4.69, 9.17) is 4.74 Å². The summed E-state index contributed by atoms with van der Waals surface area (Å²) < 4.78 is 5.47. The van der Waals surface area contributed by atoms with E-state index in [1.165, 1.54) is 5.57 Å². The second kappa shape index (κ2) is 8.50. The fraction of sp³-hybridized carbons (Fsp3) is 0.591. The maximum absolute atomic E-state index is 11.9. The van der Waals surface area contributed by atoms with Crippen molar-refractivity contribution in [2.75, 3.05) is 6.61 Å². The minimum atomic E-state index is -0.470. The average molecular weight is 333 g/mol. The summed E-state index contributed by atoms with van der Waals surface area (Å²) in [6.45, 7) is 22.5. The summed E-state index contributed by atoms with van der Waals surface area (Å²) in [6, 6.07) is 0. The SMILES string of the molecule is C=C/C(=C\C=C(C)C)C(C)(C)/C=C/C(C)(C)COC(=O)C(C)(C)C. The Morgan fingerprint density at radius 3 is 1.92 bits per heavy atom. The van der Waals surface area contributed by atoms with Crippen LogP contribution < -0.4 is 0 Å². The van der Waals surface area contributed by atoms with Crippen LogP contribution in [-0.2, 0) is 9.53 Å². The van der Waals surface area contributed by atoms with Crippen molar-refractivity contribution >= 4 is 5.97 Å². The Bertz CT molecular complexity index is 531. The maximum Gasteiger partial charge on any atom is 0.311 e. The van der Waals surface area contributed by atoms with Gasteiger partial charge < -0.3 is 4.74 Å². The quantitative estimate of drug-likeness (QED) is 0.312. The van der Waals surface area contributed by atoms with E-state index in [2.05, 4.69) is 72.4 Å². The summed E-state index contributed by atoms with van der Waals surface area (Å²) >= 11 is 0. The van der Waals surface area contributed by atoms with Crippen LogP contribution >= 0.6 is 0 Å². The van der Waals surface area contributed by atoms with Crippen LogP contribution in [0.1, 0.15) is 62.3 Å². The predicted octanol–water partition coefficient (Wildman–Crippen LogP) is 6.26. The summed E-state index contributed by atoms with van der Waals surface area (Å²) in [5.74, 6) is -0.168. The van der Waals surface area contributed by atoms with Gasteiger partial charge in [-0.1, -0.05) is 70.2 Å². The smallest absolute Gasteiger partial charge is 0.311 e. The monoisotopic (exact) mass is 332 g/mol. The molecule has 2 heteroatoms. The molecule has 0 radical (unpaired) electrons. The van der Waals surface area contributed by atoms with Crippen molar-refractivity contribution in [3.63, 3.8) is 0 Å². The molecular formula is C22H36O2. The third-order valence-corrected chi connectivity index (χ3v) is 3.70.